The number of nitrogens with one attached hydrogen (secondary N) is 1. The summed E-state index contributed by atoms with van der Waals surface area (Å²) in [7, 11) is 0. The normalized spacial score (nSPS) is 23.3. The zero-order valence-corrected chi connectivity index (χ0v) is 13.1. The maximum atomic E-state index is 13.5. The van der Waals surface area contributed by atoms with E-state index in [0.717, 1.165) is 42.7 Å². The van der Waals surface area contributed by atoms with Crippen molar-refractivity contribution in [3.8, 4) is 0 Å². The lowest BCUT2D eigenvalue weighted by atomic mass is 9.81. The van der Waals surface area contributed by atoms with Crippen molar-refractivity contribution in [2.75, 3.05) is 11.9 Å². The Kier molecular flexibility index (Phi) is 4.59. The van der Waals surface area contributed by atoms with Crippen molar-refractivity contribution in [2.24, 2.45) is 11.8 Å². The third-order valence-electron chi connectivity index (χ3n) is 4.70. The number of nitrogens with zero attached hydrogens (tertiary/aromatic N) is 1. The molecule has 0 spiro atoms. The van der Waals surface area contributed by atoms with Crippen molar-refractivity contribution in [1.82, 2.24) is 4.90 Å². The van der Waals surface area contributed by atoms with Crippen LogP contribution in [0.3, 0.4) is 0 Å². The van der Waals surface area contributed by atoms with Crippen molar-refractivity contribution in [1.29, 1.82) is 0 Å². The second-order valence-corrected chi connectivity index (χ2v) is 6.25. The number of imide groups is 1. The number of benzene rings is 1. The maximum Gasteiger partial charge on any atom is 0.233 e. The fourth-order valence-electron chi connectivity index (χ4n) is 3.47. The van der Waals surface area contributed by atoms with Gasteiger partial charge in [0.15, 0.2) is 0 Å². The highest BCUT2D eigenvalue weighted by molar-refractivity contribution is 6.05. The molecule has 1 saturated heterocycles. The molecule has 1 saturated carbocycles. The third-order valence-corrected chi connectivity index (χ3v) is 4.70. The Morgan fingerprint density at radius 1 is 1.12 bits per heavy atom. The first-order valence-corrected chi connectivity index (χ1v) is 8.07. The molecule has 1 aliphatic heterocycles. The molecule has 2 atom stereocenters. The van der Waals surface area contributed by atoms with E-state index in [1.54, 1.807) is 0 Å². The number of hydrogen-bond donors (Lipinski definition) is 1. The van der Waals surface area contributed by atoms with Crippen LogP contribution in [0.1, 0.15) is 32.1 Å². The van der Waals surface area contributed by atoms with Gasteiger partial charge in [0, 0.05) is 19.0 Å². The van der Waals surface area contributed by atoms with Gasteiger partial charge in [-0.05, 0) is 25.0 Å². The standard InChI is InChI=1S/C17H18F2N2O3/c18-10-5-6-14(13(19)9-10)20-15(22)7-8-21-16(23)11-3-1-2-4-12(11)17(21)24/h5-6,9,11-12H,1-4,7-8H2,(H,20,22)/t11-,12+. The zero-order chi connectivity index (χ0) is 17.3. The Balaban J connectivity index is 1.58. The minimum atomic E-state index is -0.873. The average molecular weight is 336 g/mol. The van der Waals surface area contributed by atoms with Gasteiger partial charge in [-0.3, -0.25) is 19.3 Å². The molecular weight excluding hydrogens is 318 g/mol. The third kappa shape index (κ3) is 3.16. The molecule has 0 bridgehead atoms. The van der Waals surface area contributed by atoms with Crippen LogP contribution >= 0.6 is 0 Å². The van der Waals surface area contributed by atoms with E-state index in [1.165, 1.54) is 0 Å². The quantitative estimate of drug-likeness (QED) is 0.859. The molecule has 24 heavy (non-hydrogen) atoms. The Labute approximate surface area is 138 Å². The van der Waals surface area contributed by atoms with Gasteiger partial charge in [-0.15, -0.1) is 0 Å². The van der Waals surface area contributed by atoms with E-state index in [9.17, 15) is 23.2 Å². The van der Waals surface area contributed by atoms with Gasteiger partial charge in [0.1, 0.15) is 11.6 Å². The minimum Gasteiger partial charge on any atom is -0.324 e. The van der Waals surface area contributed by atoms with E-state index in [2.05, 4.69) is 5.32 Å². The monoisotopic (exact) mass is 336 g/mol. The molecule has 1 heterocycles. The highest BCUT2D eigenvalue weighted by atomic mass is 19.1. The molecule has 0 unspecified atom stereocenters. The molecule has 3 amide bonds. The fraction of sp³-hybridized carbons (Fsp3) is 0.471. The van der Waals surface area contributed by atoms with Crippen molar-refractivity contribution >= 4 is 23.4 Å². The highest BCUT2D eigenvalue weighted by Crippen LogP contribution is 2.37. The van der Waals surface area contributed by atoms with Crippen molar-refractivity contribution in [3.05, 3.63) is 29.8 Å². The van der Waals surface area contributed by atoms with E-state index >= 15 is 0 Å². The number of halogens is 2. The predicted octanol–water partition coefficient (Wildman–Crippen LogP) is 2.47. The lowest BCUT2D eigenvalue weighted by Crippen LogP contribution is -2.34. The summed E-state index contributed by atoms with van der Waals surface area (Å²) in [5.41, 5.74) is -0.130. The molecular formula is C17H18F2N2O3. The Bertz CT molecular complexity index is 668. The second-order valence-electron chi connectivity index (χ2n) is 6.25. The zero-order valence-electron chi connectivity index (χ0n) is 13.1. The van der Waals surface area contributed by atoms with Gasteiger partial charge in [0.05, 0.1) is 17.5 Å². The number of carbonyl (C=O) groups excluding carboxylic acids is 3. The molecule has 1 aromatic rings. The number of anilines is 1. The summed E-state index contributed by atoms with van der Waals surface area (Å²) < 4.78 is 26.3. The molecule has 7 heteroatoms. The number of hydrogen-bond acceptors (Lipinski definition) is 3. The summed E-state index contributed by atoms with van der Waals surface area (Å²) >= 11 is 0. The van der Waals surface area contributed by atoms with Crippen LogP contribution in [0.2, 0.25) is 0 Å². The molecule has 0 aromatic heterocycles. The second kappa shape index (κ2) is 6.67. The number of amides is 3. The molecule has 2 fully saturated rings. The van der Waals surface area contributed by atoms with Gasteiger partial charge in [-0.1, -0.05) is 12.8 Å². The topological polar surface area (TPSA) is 66.5 Å². The van der Waals surface area contributed by atoms with E-state index in [-0.39, 0.29) is 42.3 Å². The largest absolute Gasteiger partial charge is 0.324 e. The SMILES string of the molecule is O=C(CCN1C(=O)[C@H]2CCCC[C@H]2C1=O)Nc1ccc(F)cc1F. The fourth-order valence-corrected chi connectivity index (χ4v) is 3.47. The van der Waals surface area contributed by atoms with Crippen LogP contribution in [0.25, 0.3) is 0 Å². The summed E-state index contributed by atoms with van der Waals surface area (Å²) in [4.78, 5) is 37.6. The first-order chi connectivity index (χ1) is 11.5. The average Bonchev–Trinajstić information content (AvgIpc) is 2.80. The van der Waals surface area contributed by atoms with Gasteiger partial charge < -0.3 is 5.32 Å². The minimum absolute atomic E-state index is 0.0146. The van der Waals surface area contributed by atoms with Crippen molar-refractivity contribution in [3.63, 3.8) is 0 Å². The first kappa shape index (κ1) is 16.5. The van der Waals surface area contributed by atoms with Crippen LogP contribution in [0, 0.1) is 23.5 Å². The van der Waals surface area contributed by atoms with E-state index in [0.29, 0.717) is 6.07 Å². The highest BCUT2D eigenvalue weighted by Gasteiger charge is 2.47. The summed E-state index contributed by atoms with van der Waals surface area (Å²) in [5, 5.41) is 2.32. The molecule has 0 radical (unpaired) electrons. The van der Waals surface area contributed by atoms with Crippen LogP contribution in [-0.4, -0.2) is 29.2 Å². The lowest BCUT2D eigenvalue weighted by Gasteiger charge is -2.19. The number of likely N-dealkylation sites (tertiary alicyclic amines) is 1. The van der Waals surface area contributed by atoms with E-state index < -0.39 is 17.5 Å². The first-order valence-electron chi connectivity index (χ1n) is 8.07. The summed E-state index contributed by atoms with van der Waals surface area (Å²) in [5.74, 6) is -3.04. The van der Waals surface area contributed by atoms with Crippen molar-refractivity contribution in [2.45, 2.75) is 32.1 Å². The van der Waals surface area contributed by atoms with Crippen LogP contribution in [0.15, 0.2) is 18.2 Å². The number of carbonyl (C=O) groups is 3. The van der Waals surface area contributed by atoms with Gasteiger partial charge in [-0.25, -0.2) is 8.78 Å². The van der Waals surface area contributed by atoms with Crippen LogP contribution in [-0.2, 0) is 14.4 Å². The molecule has 1 N–H and O–H groups in total. The molecule has 3 rings (SSSR count). The Hall–Kier alpha value is -2.31. The van der Waals surface area contributed by atoms with E-state index in [4.69, 9.17) is 0 Å². The number of fused-ring (bicyclic) bond motifs is 1. The molecule has 1 aliphatic carbocycles. The van der Waals surface area contributed by atoms with Crippen LogP contribution < -0.4 is 5.32 Å². The maximum absolute atomic E-state index is 13.5. The van der Waals surface area contributed by atoms with Crippen LogP contribution in [0.4, 0.5) is 14.5 Å². The summed E-state index contributed by atoms with van der Waals surface area (Å²) in [6.07, 6.45) is 3.21. The molecule has 128 valence electrons. The molecule has 5 nitrogen and oxygen atoms in total. The Morgan fingerprint density at radius 2 is 1.75 bits per heavy atom. The molecule has 1 aromatic carbocycles. The van der Waals surface area contributed by atoms with Gasteiger partial charge in [0.2, 0.25) is 17.7 Å². The van der Waals surface area contributed by atoms with Gasteiger partial charge >= 0.3 is 0 Å². The number of rotatable bonds is 4. The van der Waals surface area contributed by atoms with Gasteiger partial charge in [-0.2, -0.15) is 0 Å². The van der Waals surface area contributed by atoms with Crippen molar-refractivity contribution < 1.29 is 23.2 Å². The summed E-state index contributed by atoms with van der Waals surface area (Å²) in [6, 6.07) is 2.84. The Morgan fingerprint density at radius 3 is 2.33 bits per heavy atom. The van der Waals surface area contributed by atoms with Gasteiger partial charge in [0.25, 0.3) is 0 Å². The lowest BCUT2D eigenvalue weighted by molar-refractivity contribution is -0.140. The predicted molar refractivity (Wildman–Crippen MR) is 81.8 cm³/mol. The molecule has 2 aliphatic rings. The van der Waals surface area contributed by atoms with E-state index in [1.807, 2.05) is 0 Å². The summed E-state index contributed by atoms with van der Waals surface area (Å²) in [6.45, 7) is -0.0146. The smallest absolute Gasteiger partial charge is 0.233 e. The van der Waals surface area contributed by atoms with Crippen LogP contribution in [0.5, 0.6) is 0 Å².